The van der Waals surface area contributed by atoms with Crippen LogP contribution < -0.4 is 16.0 Å². The lowest BCUT2D eigenvalue weighted by Crippen LogP contribution is -2.10. The van der Waals surface area contributed by atoms with Gasteiger partial charge in [-0.1, -0.05) is 18.2 Å². The third-order valence-corrected chi connectivity index (χ3v) is 5.25. The molecule has 170 valence electrons. The van der Waals surface area contributed by atoms with E-state index < -0.39 is 9.84 Å². The van der Waals surface area contributed by atoms with Gasteiger partial charge in [-0.2, -0.15) is 20.1 Å². The van der Waals surface area contributed by atoms with Crippen molar-refractivity contribution in [2.45, 2.75) is 19.2 Å². The Hall–Kier alpha value is -4.06. The van der Waals surface area contributed by atoms with Crippen LogP contribution in [0.3, 0.4) is 0 Å². The number of aromatic nitrogens is 6. The zero-order valence-corrected chi connectivity index (χ0v) is 18.9. The molecule has 1 aromatic carbocycles. The van der Waals surface area contributed by atoms with Gasteiger partial charge in [0, 0.05) is 42.6 Å². The Balaban J connectivity index is 1.55. The maximum absolute atomic E-state index is 11.5. The molecule has 0 saturated heterocycles. The van der Waals surface area contributed by atoms with Gasteiger partial charge in [0.15, 0.2) is 15.7 Å². The molecule has 11 nitrogen and oxygen atoms in total. The van der Waals surface area contributed by atoms with Crippen LogP contribution >= 0.6 is 0 Å². The number of hydrogen-bond acceptors (Lipinski definition) is 10. The van der Waals surface area contributed by atoms with E-state index in [0.717, 1.165) is 11.3 Å². The van der Waals surface area contributed by atoms with Crippen LogP contribution in [0.5, 0.6) is 0 Å². The molecule has 3 heterocycles. The van der Waals surface area contributed by atoms with Crippen molar-refractivity contribution < 1.29 is 8.42 Å². The molecule has 0 radical (unpaired) electrons. The molecule has 0 amide bonds. The van der Waals surface area contributed by atoms with E-state index in [4.69, 9.17) is 0 Å². The molecule has 0 bridgehead atoms. The van der Waals surface area contributed by atoms with Gasteiger partial charge < -0.3 is 16.0 Å². The molecule has 4 aromatic rings. The fourth-order valence-electron chi connectivity index (χ4n) is 2.96. The standard InChI is InChI=1S/C21H23N9O2S/c1-14-10-18(30-29-14)25-21-27-19(23-12-16-4-3-9-22-11-16)26-20(28-21)24-17-7-5-15(6-8-17)13-33(2,31)32/h3-11H,12-13H2,1-2H3,(H4,23,24,25,26,27,28,29,30). The minimum absolute atomic E-state index is 0.0153. The minimum atomic E-state index is -3.10. The smallest absolute Gasteiger partial charge is 0.235 e. The van der Waals surface area contributed by atoms with Gasteiger partial charge in [-0.3, -0.25) is 10.1 Å². The van der Waals surface area contributed by atoms with Crippen LogP contribution in [0.1, 0.15) is 16.8 Å². The summed E-state index contributed by atoms with van der Waals surface area (Å²) in [5, 5.41) is 16.4. The van der Waals surface area contributed by atoms with Crippen LogP contribution in [0.15, 0.2) is 54.9 Å². The van der Waals surface area contributed by atoms with E-state index in [1.807, 2.05) is 25.1 Å². The third kappa shape index (κ3) is 6.71. The molecule has 0 fully saturated rings. The highest BCUT2D eigenvalue weighted by molar-refractivity contribution is 7.89. The highest BCUT2D eigenvalue weighted by Crippen LogP contribution is 2.19. The van der Waals surface area contributed by atoms with Gasteiger partial charge in [0.1, 0.15) is 0 Å². The van der Waals surface area contributed by atoms with Crippen LogP contribution in [0.2, 0.25) is 0 Å². The first-order valence-corrected chi connectivity index (χ1v) is 12.1. The monoisotopic (exact) mass is 465 g/mol. The minimum Gasteiger partial charge on any atom is -0.350 e. The number of nitrogens with zero attached hydrogens (tertiary/aromatic N) is 5. The molecule has 0 saturated carbocycles. The second-order valence-corrected chi connectivity index (χ2v) is 9.61. The largest absolute Gasteiger partial charge is 0.350 e. The highest BCUT2D eigenvalue weighted by atomic mass is 32.2. The van der Waals surface area contributed by atoms with E-state index in [2.05, 4.69) is 46.1 Å². The molecule has 0 unspecified atom stereocenters. The molecule has 0 atom stereocenters. The van der Waals surface area contributed by atoms with E-state index in [1.165, 1.54) is 6.26 Å². The van der Waals surface area contributed by atoms with E-state index in [1.54, 1.807) is 36.7 Å². The number of rotatable bonds is 9. The summed E-state index contributed by atoms with van der Waals surface area (Å²) in [4.78, 5) is 17.4. The number of anilines is 5. The summed E-state index contributed by atoms with van der Waals surface area (Å²) in [6.07, 6.45) is 4.68. The Morgan fingerprint density at radius 3 is 2.30 bits per heavy atom. The molecule has 3 aromatic heterocycles. The van der Waals surface area contributed by atoms with E-state index >= 15 is 0 Å². The molecular formula is C21H23N9O2S. The quantitative estimate of drug-likeness (QED) is 0.290. The number of aryl methyl sites for hydroxylation is 1. The van der Waals surface area contributed by atoms with E-state index in [0.29, 0.717) is 41.5 Å². The van der Waals surface area contributed by atoms with Gasteiger partial charge in [-0.05, 0) is 36.2 Å². The summed E-state index contributed by atoms with van der Waals surface area (Å²) in [5.41, 5.74) is 3.28. The van der Waals surface area contributed by atoms with Crippen molar-refractivity contribution in [3.05, 3.63) is 71.7 Å². The zero-order chi connectivity index (χ0) is 23.3. The number of sulfone groups is 1. The van der Waals surface area contributed by atoms with Gasteiger partial charge in [0.05, 0.1) is 5.75 Å². The molecule has 33 heavy (non-hydrogen) atoms. The number of H-pyrrole nitrogens is 1. The molecular weight excluding hydrogens is 442 g/mol. The summed E-state index contributed by atoms with van der Waals surface area (Å²) >= 11 is 0. The average Bonchev–Trinajstić information content (AvgIpc) is 3.18. The van der Waals surface area contributed by atoms with Gasteiger partial charge in [-0.15, -0.1) is 0 Å². The van der Waals surface area contributed by atoms with Crippen molar-refractivity contribution >= 4 is 39.2 Å². The predicted octanol–water partition coefficient (Wildman–Crippen LogP) is 2.94. The second-order valence-electron chi connectivity index (χ2n) is 7.47. The predicted molar refractivity (Wildman–Crippen MR) is 126 cm³/mol. The first-order chi connectivity index (χ1) is 15.8. The van der Waals surface area contributed by atoms with Crippen LogP contribution in [0.4, 0.5) is 29.4 Å². The normalized spacial score (nSPS) is 11.2. The van der Waals surface area contributed by atoms with E-state index in [-0.39, 0.29) is 5.75 Å². The van der Waals surface area contributed by atoms with Gasteiger partial charge in [0.2, 0.25) is 17.8 Å². The Bertz CT molecular complexity index is 1320. The maximum Gasteiger partial charge on any atom is 0.235 e. The lowest BCUT2D eigenvalue weighted by Gasteiger charge is -2.11. The molecule has 4 rings (SSSR count). The van der Waals surface area contributed by atoms with E-state index in [9.17, 15) is 8.42 Å². The van der Waals surface area contributed by atoms with Crippen LogP contribution in [0.25, 0.3) is 0 Å². The Morgan fingerprint density at radius 1 is 0.939 bits per heavy atom. The fraction of sp³-hybridized carbons (Fsp3) is 0.190. The zero-order valence-electron chi connectivity index (χ0n) is 18.1. The lowest BCUT2D eigenvalue weighted by atomic mass is 10.2. The first-order valence-electron chi connectivity index (χ1n) is 10.0. The van der Waals surface area contributed by atoms with Crippen LogP contribution in [0, 0.1) is 6.92 Å². The van der Waals surface area contributed by atoms with Crippen molar-refractivity contribution in [2.75, 3.05) is 22.2 Å². The second kappa shape index (κ2) is 9.61. The number of hydrogen-bond donors (Lipinski definition) is 4. The number of nitrogens with one attached hydrogen (secondary N) is 4. The molecule has 0 aliphatic heterocycles. The Kier molecular flexibility index (Phi) is 6.45. The van der Waals surface area contributed by atoms with Gasteiger partial charge in [0.25, 0.3) is 0 Å². The van der Waals surface area contributed by atoms with Gasteiger partial charge in [-0.25, -0.2) is 8.42 Å². The Labute approximate surface area is 191 Å². The lowest BCUT2D eigenvalue weighted by molar-refractivity contribution is 0.601. The van der Waals surface area contributed by atoms with Crippen molar-refractivity contribution in [3.63, 3.8) is 0 Å². The van der Waals surface area contributed by atoms with Crippen molar-refractivity contribution in [2.24, 2.45) is 0 Å². The first kappa shape index (κ1) is 22.1. The van der Waals surface area contributed by atoms with Crippen molar-refractivity contribution in [1.29, 1.82) is 0 Å². The SMILES string of the molecule is Cc1cc(Nc2nc(NCc3cccnc3)nc(Nc3ccc(CS(C)(=O)=O)cc3)n2)n[nH]1. The van der Waals surface area contributed by atoms with Crippen molar-refractivity contribution in [1.82, 2.24) is 30.1 Å². The molecule has 0 aliphatic rings. The molecule has 12 heteroatoms. The third-order valence-electron chi connectivity index (χ3n) is 4.39. The number of benzene rings is 1. The summed E-state index contributed by atoms with van der Waals surface area (Å²) < 4.78 is 23.0. The Morgan fingerprint density at radius 2 is 1.67 bits per heavy atom. The topological polar surface area (TPSA) is 150 Å². The summed E-state index contributed by atoms with van der Waals surface area (Å²) in [5.74, 6) is 1.54. The molecule has 4 N–H and O–H groups in total. The number of pyridine rings is 1. The fourth-order valence-corrected chi connectivity index (χ4v) is 3.76. The summed E-state index contributed by atoms with van der Waals surface area (Å²) in [6.45, 7) is 2.38. The number of aromatic amines is 1. The average molecular weight is 466 g/mol. The molecule has 0 spiro atoms. The van der Waals surface area contributed by atoms with Crippen molar-refractivity contribution in [3.8, 4) is 0 Å². The van der Waals surface area contributed by atoms with Crippen LogP contribution in [-0.4, -0.2) is 44.8 Å². The summed E-state index contributed by atoms with van der Waals surface area (Å²) in [7, 11) is -3.10. The van der Waals surface area contributed by atoms with Gasteiger partial charge >= 0.3 is 0 Å². The maximum atomic E-state index is 11.5. The van der Waals surface area contributed by atoms with Crippen LogP contribution in [-0.2, 0) is 22.1 Å². The highest BCUT2D eigenvalue weighted by Gasteiger charge is 2.10. The molecule has 0 aliphatic carbocycles. The summed E-state index contributed by atoms with van der Waals surface area (Å²) in [6, 6.07) is 12.7.